The summed E-state index contributed by atoms with van der Waals surface area (Å²) in [6.07, 6.45) is -8.28. The molecule has 1 heterocycles. The molecule has 1 N–H and O–H groups in total. The van der Waals surface area contributed by atoms with Gasteiger partial charge in [0.25, 0.3) is 5.56 Å². The Hall–Kier alpha value is -2.78. The summed E-state index contributed by atoms with van der Waals surface area (Å²) in [6, 6.07) is 5.63. The summed E-state index contributed by atoms with van der Waals surface area (Å²) in [7, 11) is 0. The van der Waals surface area contributed by atoms with Gasteiger partial charge in [-0.25, -0.2) is 0 Å². The first kappa shape index (κ1) is 19.5. The summed E-state index contributed by atoms with van der Waals surface area (Å²) in [5.41, 5.74) is -3.23. The lowest BCUT2D eigenvalue weighted by molar-refractivity contribution is -0.139. The molecule has 1 aromatic heterocycles. The first-order chi connectivity index (χ1) is 12.0. The Morgan fingerprint density at radius 2 is 1.58 bits per heavy atom. The maximum atomic E-state index is 12.7. The highest BCUT2D eigenvalue weighted by atomic mass is 19.4. The number of nitrogens with one attached hydrogen (secondary N) is 1. The van der Waals surface area contributed by atoms with Crippen LogP contribution in [0.2, 0.25) is 0 Å². The Bertz CT molecular complexity index is 838. The topological polar surface area (TPSA) is 51.1 Å². The van der Waals surface area contributed by atoms with Gasteiger partial charge < -0.3 is 9.88 Å². The molecule has 0 atom stereocenters. The molecule has 0 aliphatic rings. The van der Waals surface area contributed by atoms with Crippen LogP contribution in [0.3, 0.4) is 0 Å². The van der Waals surface area contributed by atoms with Gasteiger partial charge in [0, 0.05) is 12.7 Å². The normalized spacial score (nSPS) is 12.1. The quantitative estimate of drug-likeness (QED) is 0.831. The molecule has 140 valence electrons. The van der Waals surface area contributed by atoms with Crippen molar-refractivity contribution < 1.29 is 31.1 Å². The molecule has 0 bridgehead atoms. The van der Waals surface area contributed by atoms with Crippen LogP contribution in [0.5, 0.6) is 0 Å². The number of carbonyl (C=O) groups is 1. The summed E-state index contributed by atoms with van der Waals surface area (Å²) < 4.78 is 75.9. The molecule has 10 heteroatoms. The van der Waals surface area contributed by atoms with E-state index in [9.17, 15) is 35.9 Å². The number of pyridine rings is 1. The van der Waals surface area contributed by atoms with Crippen molar-refractivity contribution in [3.05, 3.63) is 69.6 Å². The van der Waals surface area contributed by atoms with Crippen LogP contribution in [0.15, 0.2) is 47.4 Å². The Labute approximate surface area is 143 Å². The number of nitrogens with zero attached hydrogens (tertiary/aromatic N) is 1. The van der Waals surface area contributed by atoms with E-state index in [1.807, 2.05) is 0 Å². The number of benzene rings is 1. The third kappa shape index (κ3) is 4.87. The maximum absolute atomic E-state index is 12.7. The molecule has 1 aromatic carbocycles. The number of hydrogen-bond donors (Lipinski definition) is 1. The van der Waals surface area contributed by atoms with Crippen molar-refractivity contribution >= 4 is 5.91 Å². The Morgan fingerprint density at radius 3 is 2.12 bits per heavy atom. The molecule has 0 radical (unpaired) electrons. The van der Waals surface area contributed by atoms with E-state index < -0.39 is 41.5 Å². The van der Waals surface area contributed by atoms with Crippen molar-refractivity contribution in [2.24, 2.45) is 0 Å². The predicted octanol–water partition coefficient (Wildman–Crippen LogP) is 3.20. The fourth-order valence-electron chi connectivity index (χ4n) is 2.10. The number of amides is 1. The minimum Gasteiger partial charge on any atom is -0.350 e. The fourth-order valence-corrected chi connectivity index (χ4v) is 2.10. The smallest absolute Gasteiger partial charge is 0.350 e. The molecule has 26 heavy (non-hydrogen) atoms. The van der Waals surface area contributed by atoms with Crippen LogP contribution in [0.1, 0.15) is 16.7 Å². The van der Waals surface area contributed by atoms with E-state index in [4.69, 9.17) is 0 Å². The fraction of sp³-hybridized carbons (Fsp3) is 0.250. The summed E-state index contributed by atoms with van der Waals surface area (Å²) in [5.74, 6) is -0.758. The molecule has 0 spiro atoms. The van der Waals surface area contributed by atoms with Gasteiger partial charge in [0.05, 0.1) is 5.56 Å². The lowest BCUT2D eigenvalue weighted by atomic mass is 10.1. The van der Waals surface area contributed by atoms with Crippen LogP contribution in [-0.4, -0.2) is 10.5 Å². The van der Waals surface area contributed by atoms with E-state index >= 15 is 0 Å². The van der Waals surface area contributed by atoms with Gasteiger partial charge in [-0.05, 0) is 29.8 Å². The molecular weight excluding hydrogens is 366 g/mol. The van der Waals surface area contributed by atoms with Gasteiger partial charge in [0.15, 0.2) is 0 Å². The number of halogens is 6. The van der Waals surface area contributed by atoms with E-state index in [1.54, 1.807) is 0 Å². The van der Waals surface area contributed by atoms with Gasteiger partial charge in [-0.3, -0.25) is 9.59 Å². The van der Waals surface area contributed by atoms with E-state index in [2.05, 4.69) is 5.32 Å². The standard InChI is InChI=1S/C16H12F6N2O2/c17-15(18,19)11-5-3-10(4-6-11)8-23-13(25)9-24-7-1-2-12(14(24)26)16(20,21)22/h1-7H,8-9H2,(H,23,25). The summed E-state index contributed by atoms with van der Waals surface area (Å²) in [6.45, 7) is -0.784. The molecule has 0 unspecified atom stereocenters. The van der Waals surface area contributed by atoms with Crippen molar-refractivity contribution in [2.75, 3.05) is 0 Å². The summed E-state index contributed by atoms with van der Waals surface area (Å²) in [4.78, 5) is 23.5. The third-order valence-electron chi connectivity index (χ3n) is 3.41. The minimum absolute atomic E-state index is 0.134. The highest BCUT2D eigenvalue weighted by Gasteiger charge is 2.34. The van der Waals surface area contributed by atoms with Crippen LogP contribution in [0, 0.1) is 0 Å². The van der Waals surface area contributed by atoms with Crippen LogP contribution < -0.4 is 10.9 Å². The van der Waals surface area contributed by atoms with Crippen LogP contribution in [0.25, 0.3) is 0 Å². The number of carbonyl (C=O) groups excluding carboxylic acids is 1. The molecular formula is C16H12F6N2O2. The second kappa shape index (κ2) is 7.22. The average molecular weight is 378 g/mol. The number of aromatic nitrogens is 1. The molecule has 1 amide bonds. The Kier molecular flexibility index (Phi) is 5.43. The predicted molar refractivity (Wildman–Crippen MR) is 79.0 cm³/mol. The van der Waals surface area contributed by atoms with Crippen LogP contribution in [-0.2, 0) is 30.2 Å². The SMILES string of the molecule is O=C(Cn1cccc(C(F)(F)F)c1=O)NCc1ccc(C(F)(F)F)cc1. The molecule has 0 fully saturated rings. The van der Waals surface area contributed by atoms with Crippen molar-refractivity contribution in [3.8, 4) is 0 Å². The lowest BCUT2D eigenvalue weighted by Gasteiger charge is -2.11. The number of hydrogen-bond acceptors (Lipinski definition) is 2. The molecule has 0 aliphatic heterocycles. The summed E-state index contributed by atoms with van der Waals surface area (Å²) >= 11 is 0. The zero-order chi connectivity index (χ0) is 19.5. The third-order valence-corrected chi connectivity index (χ3v) is 3.41. The van der Waals surface area contributed by atoms with Crippen molar-refractivity contribution in [2.45, 2.75) is 25.4 Å². The minimum atomic E-state index is -4.84. The lowest BCUT2D eigenvalue weighted by Crippen LogP contribution is -2.34. The molecule has 2 rings (SSSR count). The van der Waals surface area contributed by atoms with Crippen molar-refractivity contribution in [1.82, 2.24) is 9.88 Å². The van der Waals surface area contributed by atoms with Gasteiger partial charge in [-0.1, -0.05) is 12.1 Å². The van der Waals surface area contributed by atoms with E-state index in [1.165, 1.54) is 12.1 Å². The second-order valence-electron chi connectivity index (χ2n) is 5.32. The molecule has 2 aromatic rings. The molecule has 4 nitrogen and oxygen atoms in total. The average Bonchev–Trinajstić information content (AvgIpc) is 2.53. The number of rotatable bonds is 4. The van der Waals surface area contributed by atoms with Gasteiger partial charge in [-0.2, -0.15) is 26.3 Å². The highest BCUT2D eigenvalue weighted by Crippen LogP contribution is 2.29. The second-order valence-corrected chi connectivity index (χ2v) is 5.32. The van der Waals surface area contributed by atoms with Gasteiger partial charge in [-0.15, -0.1) is 0 Å². The van der Waals surface area contributed by atoms with Gasteiger partial charge in [0.1, 0.15) is 12.1 Å². The van der Waals surface area contributed by atoms with E-state index in [0.29, 0.717) is 16.2 Å². The van der Waals surface area contributed by atoms with Crippen LogP contribution in [0.4, 0.5) is 26.3 Å². The van der Waals surface area contributed by atoms with E-state index in [-0.39, 0.29) is 6.54 Å². The Morgan fingerprint density at radius 1 is 0.962 bits per heavy atom. The summed E-state index contributed by atoms with van der Waals surface area (Å²) in [5, 5.41) is 2.33. The zero-order valence-electron chi connectivity index (χ0n) is 13.0. The highest BCUT2D eigenvalue weighted by molar-refractivity contribution is 5.75. The molecule has 0 saturated carbocycles. The zero-order valence-corrected chi connectivity index (χ0v) is 13.0. The molecule has 0 aliphatic carbocycles. The monoisotopic (exact) mass is 378 g/mol. The largest absolute Gasteiger partial charge is 0.421 e. The van der Waals surface area contributed by atoms with Gasteiger partial charge in [0.2, 0.25) is 5.91 Å². The molecule has 0 saturated heterocycles. The van der Waals surface area contributed by atoms with Gasteiger partial charge >= 0.3 is 12.4 Å². The van der Waals surface area contributed by atoms with E-state index in [0.717, 1.165) is 24.4 Å². The number of alkyl halides is 6. The van der Waals surface area contributed by atoms with Crippen molar-refractivity contribution in [1.29, 1.82) is 0 Å². The van der Waals surface area contributed by atoms with Crippen molar-refractivity contribution in [3.63, 3.8) is 0 Å². The maximum Gasteiger partial charge on any atom is 0.421 e. The van der Waals surface area contributed by atoms with Crippen LogP contribution >= 0.6 is 0 Å². The first-order valence-corrected chi connectivity index (χ1v) is 7.18. The Balaban J connectivity index is 2.01. The first-order valence-electron chi connectivity index (χ1n) is 7.18.